The van der Waals surface area contributed by atoms with E-state index in [0.29, 0.717) is 0 Å². The molecule has 3 rings (SSSR count). The van der Waals surface area contributed by atoms with Gasteiger partial charge in [-0.15, -0.1) is 0 Å². The van der Waals surface area contributed by atoms with Crippen molar-refractivity contribution >= 4 is 22.7 Å². The fourth-order valence-corrected chi connectivity index (χ4v) is 2.07. The molecule has 2 amide bonds. The van der Waals surface area contributed by atoms with Crippen molar-refractivity contribution in [3.8, 4) is 0 Å². The van der Waals surface area contributed by atoms with Crippen LogP contribution in [0, 0.1) is 0 Å². The summed E-state index contributed by atoms with van der Waals surface area (Å²) in [7, 11) is 0. The molecule has 1 aromatic carbocycles. The van der Waals surface area contributed by atoms with Crippen LogP contribution in [-0.2, 0) is 11.2 Å². The minimum absolute atomic E-state index is 0.174. The number of nitrogens with one attached hydrogen (secondary N) is 4. The number of rotatable bonds is 3. The predicted molar refractivity (Wildman–Crippen MR) is 76.2 cm³/mol. The maximum absolute atomic E-state index is 11.9. The summed E-state index contributed by atoms with van der Waals surface area (Å²) < 4.78 is 0. The first-order valence-corrected chi connectivity index (χ1v) is 6.37. The predicted octanol–water partition coefficient (Wildman–Crippen LogP) is 0.895. The molecule has 0 saturated carbocycles. The molecule has 7 heteroatoms. The van der Waals surface area contributed by atoms with Crippen LogP contribution in [0.1, 0.15) is 16.1 Å². The Labute approximate surface area is 119 Å². The van der Waals surface area contributed by atoms with Crippen molar-refractivity contribution < 1.29 is 9.59 Å². The Morgan fingerprint density at radius 3 is 2.81 bits per heavy atom. The number of para-hydroxylation sites is 1. The minimum Gasteiger partial charge on any atom is -0.361 e. The zero-order valence-corrected chi connectivity index (χ0v) is 11.0. The molecule has 0 spiro atoms. The van der Waals surface area contributed by atoms with Gasteiger partial charge in [0, 0.05) is 23.3 Å². The topological polar surface area (TPSA) is 103 Å². The molecule has 0 saturated heterocycles. The number of aromatic amines is 2. The van der Waals surface area contributed by atoms with E-state index in [0.717, 1.165) is 16.5 Å². The lowest BCUT2D eigenvalue weighted by atomic mass is 10.1. The van der Waals surface area contributed by atoms with E-state index in [-0.39, 0.29) is 18.0 Å². The highest BCUT2D eigenvalue weighted by Gasteiger charge is 2.11. The third kappa shape index (κ3) is 2.76. The third-order valence-corrected chi connectivity index (χ3v) is 3.09. The molecule has 106 valence electrons. The van der Waals surface area contributed by atoms with Crippen molar-refractivity contribution in [2.45, 2.75) is 6.42 Å². The molecule has 2 aromatic heterocycles. The Morgan fingerprint density at radius 1 is 1.14 bits per heavy atom. The standard InChI is InChI=1S/C14H13N5O2/c20-13(18-19-14(21)12-5-6-16-17-12)7-9-8-15-11-4-2-1-3-10(9)11/h1-6,8,15H,7H2,(H,16,17)(H,18,20)(H,19,21). The molecule has 3 aromatic rings. The van der Waals surface area contributed by atoms with Gasteiger partial charge < -0.3 is 4.98 Å². The third-order valence-electron chi connectivity index (χ3n) is 3.09. The number of hydrogen-bond acceptors (Lipinski definition) is 3. The highest BCUT2D eigenvalue weighted by atomic mass is 16.2. The molecule has 2 heterocycles. The summed E-state index contributed by atoms with van der Waals surface area (Å²) in [4.78, 5) is 26.6. The molecular weight excluding hydrogens is 270 g/mol. The molecule has 0 bridgehead atoms. The van der Waals surface area contributed by atoms with Crippen molar-refractivity contribution in [1.82, 2.24) is 26.0 Å². The van der Waals surface area contributed by atoms with E-state index < -0.39 is 5.91 Å². The SMILES string of the molecule is O=C(Cc1c[nH]c2ccccc12)NNC(=O)c1ccn[nH]1. The lowest BCUT2D eigenvalue weighted by Gasteiger charge is -2.05. The van der Waals surface area contributed by atoms with Crippen LogP contribution in [0.25, 0.3) is 10.9 Å². The summed E-state index contributed by atoms with van der Waals surface area (Å²) >= 11 is 0. The first kappa shape index (κ1) is 12.9. The van der Waals surface area contributed by atoms with Crippen molar-refractivity contribution in [2.75, 3.05) is 0 Å². The van der Waals surface area contributed by atoms with Crippen LogP contribution < -0.4 is 10.9 Å². The van der Waals surface area contributed by atoms with Crippen LogP contribution in [0.3, 0.4) is 0 Å². The Balaban J connectivity index is 1.60. The number of amides is 2. The van der Waals surface area contributed by atoms with Crippen molar-refractivity contribution in [3.05, 3.63) is 54.0 Å². The summed E-state index contributed by atoms with van der Waals surface area (Å²) in [5.74, 6) is -0.743. The number of carbonyl (C=O) groups is 2. The monoisotopic (exact) mass is 283 g/mol. The number of aromatic nitrogens is 3. The largest absolute Gasteiger partial charge is 0.361 e. The van der Waals surface area contributed by atoms with Gasteiger partial charge in [0.1, 0.15) is 5.69 Å². The normalized spacial score (nSPS) is 10.5. The Bertz CT molecular complexity index is 776. The maximum atomic E-state index is 11.9. The van der Waals surface area contributed by atoms with Crippen LogP contribution >= 0.6 is 0 Å². The zero-order valence-electron chi connectivity index (χ0n) is 11.0. The summed E-state index contributed by atoms with van der Waals surface area (Å²) in [6.45, 7) is 0. The molecule has 0 aliphatic heterocycles. The number of nitrogens with zero attached hydrogens (tertiary/aromatic N) is 1. The van der Waals surface area contributed by atoms with Crippen LogP contribution in [-0.4, -0.2) is 27.0 Å². The van der Waals surface area contributed by atoms with E-state index >= 15 is 0 Å². The zero-order chi connectivity index (χ0) is 14.7. The second-order valence-corrected chi connectivity index (χ2v) is 4.51. The van der Waals surface area contributed by atoms with Gasteiger partial charge in [-0.2, -0.15) is 5.10 Å². The van der Waals surface area contributed by atoms with Gasteiger partial charge in [-0.25, -0.2) is 0 Å². The number of hydrogen-bond donors (Lipinski definition) is 4. The van der Waals surface area contributed by atoms with Gasteiger partial charge in [0.15, 0.2) is 0 Å². The van der Waals surface area contributed by atoms with Gasteiger partial charge >= 0.3 is 0 Å². The number of benzene rings is 1. The van der Waals surface area contributed by atoms with Crippen molar-refractivity contribution in [3.63, 3.8) is 0 Å². The van der Waals surface area contributed by atoms with Gasteiger partial charge in [-0.1, -0.05) is 18.2 Å². The Hall–Kier alpha value is -3.09. The summed E-state index contributed by atoms with van der Waals surface area (Å²) in [6.07, 6.45) is 3.43. The molecule has 0 fully saturated rings. The highest BCUT2D eigenvalue weighted by molar-refractivity contribution is 5.94. The maximum Gasteiger partial charge on any atom is 0.287 e. The van der Waals surface area contributed by atoms with E-state index in [4.69, 9.17) is 0 Å². The van der Waals surface area contributed by atoms with Crippen molar-refractivity contribution in [1.29, 1.82) is 0 Å². The Kier molecular flexibility index (Phi) is 3.38. The first-order chi connectivity index (χ1) is 10.2. The molecule has 0 aliphatic carbocycles. The first-order valence-electron chi connectivity index (χ1n) is 6.37. The van der Waals surface area contributed by atoms with Crippen LogP contribution in [0.4, 0.5) is 0 Å². The molecule has 0 atom stereocenters. The van der Waals surface area contributed by atoms with Gasteiger partial charge in [0.05, 0.1) is 6.42 Å². The van der Waals surface area contributed by atoms with Crippen molar-refractivity contribution in [2.24, 2.45) is 0 Å². The number of hydrazine groups is 1. The number of H-pyrrole nitrogens is 2. The van der Waals surface area contributed by atoms with E-state index in [1.165, 1.54) is 12.3 Å². The molecule has 7 nitrogen and oxygen atoms in total. The highest BCUT2D eigenvalue weighted by Crippen LogP contribution is 2.17. The Morgan fingerprint density at radius 2 is 2.00 bits per heavy atom. The fraction of sp³-hybridized carbons (Fsp3) is 0.0714. The number of fused-ring (bicyclic) bond motifs is 1. The van der Waals surface area contributed by atoms with E-state index in [9.17, 15) is 9.59 Å². The summed E-state index contributed by atoms with van der Waals surface area (Å²) in [5, 5.41) is 7.17. The molecule has 4 N–H and O–H groups in total. The lowest BCUT2D eigenvalue weighted by Crippen LogP contribution is -2.42. The second kappa shape index (κ2) is 5.49. The molecular formula is C14H13N5O2. The van der Waals surface area contributed by atoms with E-state index in [1.807, 2.05) is 24.3 Å². The minimum atomic E-state index is -0.445. The molecule has 0 aliphatic rings. The van der Waals surface area contributed by atoms with Crippen LogP contribution in [0.15, 0.2) is 42.7 Å². The second-order valence-electron chi connectivity index (χ2n) is 4.51. The molecule has 0 radical (unpaired) electrons. The van der Waals surface area contributed by atoms with E-state index in [1.54, 1.807) is 6.20 Å². The van der Waals surface area contributed by atoms with Gasteiger partial charge in [-0.05, 0) is 17.7 Å². The lowest BCUT2D eigenvalue weighted by molar-refractivity contribution is -0.121. The van der Waals surface area contributed by atoms with Crippen LogP contribution in [0.2, 0.25) is 0 Å². The molecule has 0 unspecified atom stereocenters. The molecule has 21 heavy (non-hydrogen) atoms. The van der Waals surface area contributed by atoms with Gasteiger partial charge in [-0.3, -0.25) is 25.5 Å². The summed E-state index contributed by atoms with van der Waals surface area (Å²) in [5.41, 5.74) is 6.83. The van der Waals surface area contributed by atoms with Crippen LogP contribution in [0.5, 0.6) is 0 Å². The number of carbonyl (C=O) groups excluding carboxylic acids is 2. The smallest absolute Gasteiger partial charge is 0.287 e. The average molecular weight is 283 g/mol. The van der Waals surface area contributed by atoms with E-state index in [2.05, 4.69) is 26.0 Å². The summed E-state index contributed by atoms with van der Waals surface area (Å²) in [6, 6.07) is 9.24. The fourth-order valence-electron chi connectivity index (χ4n) is 2.07. The quantitative estimate of drug-likeness (QED) is 0.537. The van der Waals surface area contributed by atoms with Gasteiger partial charge in [0.25, 0.3) is 5.91 Å². The average Bonchev–Trinajstić information content (AvgIpc) is 3.15. The van der Waals surface area contributed by atoms with Gasteiger partial charge in [0.2, 0.25) is 5.91 Å².